The van der Waals surface area contributed by atoms with Gasteiger partial charge in [0.15, 0.2) is 11.0 Å². The second-order valence-electron chi connectivity index (χ2n) is 9.73. The van der Waals surface area contributed by atoms with Crippen molar-refractivity contribution in [1.29, 1.82) is 0 Å². The van der Waals surface area contributed by atoms with Crippen molar-refractivity contribution in [3.8, 4) is 5.75 Å². The predicted octanol–water partition coefficient (Wildman–Crippen LogP) is 4.82. The van der Waals surface area contributed by atoms with Crippen molar-refractivity contribution >= 4 is 33.8 Å². The maximum Gasteiger partial charge on any atom is 0.423 e. The summed E-state index contributed by atoms with van der Waals surface area (Å²) in [6.07, 6.45) is -1.45. The van der Waals surface area contributed by atoms with Crippen molar-refractivity contribution in [2.24, 2.45) is 0 Å². The Bertz CT molecular complexity index is 1560. The van der Waals surface area contributed by atoms with Crippen molar-refractivity contribution in [3.05, 3.63) is 74.2 Å². The summed E-state index contributed by atoms with van der Waals surface area (Å²) in [6.45, 7) is 2.95. The Hall–Kier alpha value is -3.69. The standard InChI is InChI=1S/C26H27ClF3N7O4S/c1-15(13-40-14-21-34-23(35-41-21)17-7-8-36(12-17)25-31-10-20(27)42-25)33-19-9-32-37(24(38)22(19)26(28,29)30)11-16-3-5-18(39-2)6-4-16/h3-6,9-10,15,17,33H,7-8,11-14H2,1-2H3. The van der Waals surface area contributed by atoms with E-state index in [9.17, 15) is 18.0 Å². The lowest BCUT2D eigenvalue weighted by molar-refractivity contribution is -0.138. The number of nitrogens with one attached hydrogen (secondary N) is 1. The number of methoxy groups -OCH3 is 1. The Labute approximate surface area is 247 Å². The van der Waals surface area contributed by atoms with E-state index in [1.807, 2.05) is 0 Å². The van der Waals surface area contributed by atoms with Gasteiger partial charge in [-0.15, -0.1) is 0 Å². The van der Waals surface area contributed by atoms with E-state index in [1.165, 1.54) is 18.4 Å². The largest absolute Gasteiger partial charge is 0.497 e. The van der Waals surface area contributed by atoms with Gasteiger partial charge in [0.25, 0.3) is 11.4 Å². The number of thiazole rings is 1. The van der Waals surface area contributed by atoms with Gasteiger partial charge in [-0.05, 0) is 31.0 Å². The lowest BCUT2D eigenvalue weighted by Crippen LogP contribution is -2.34. The van der Waals surface area contributed by atoms with Crippen molar-refractivity contribution < 1.29 is 27.2 Å². The number of benzene rings is 1. The molecule has 2 atom stereocenters. The zero-order chi connectivity index (χ0) is 29.9. The highest BCUT2D eigenvalue weighted by molar-refractivity contribution is 7.19. The van der Waals surface area contributed by atoms with E-state index >= 15 is 0 Å². The van der Waals surface area contributed by atoms with Crippen molar-refractivity contribution in [2.45, 2.75) is 44.6 Å². The van der Waals surface area contributed by atoms with Crippen LogP contribution in [0.25, 0.3) is 0 Å². The van der Waals surface area contributed by atoms with Crippen molar-refractivity contribution in [2.75, 3.05) is 37.0 Å². The topological polar surface area (TPSA) is 120 Å². The number of hydrogen-bond donors (Lipinski definition) is 1. The monoisotopic (exact) mass is 625 g/mol. The zero-order valence-electron chi connectivity index (χ0n) is 22.6. The Balaban J connectivity index is 1.16. The first-order valence-corrected chi connectivity index (χ1v) is 14.1. The highest BCUT2D eigenvalue weighted by Crippen LogP contribution is 2.34. The molecule has 1 aliphatic heterocycles. The van der Waals surface area contributed by atoms with Crippen LogP contribution in [0.15, 0.2) is 46.0 Å². The third-order valence-corrected chi connectivity index (χ3v) is 7.76. The SMILES string of the molecule is COc1ccc(Cn2ncc(NC(C)COCc3nc(C4CCN(c5ncc(Cl)s5)C4)no3)c(C(F)(F)F)c2=O)cc1. The Morgan fingerprint density at radius 3 is 2.74 bits per heavy atom. The normalized spacial score (nSPS) is 16.1. The molecule has 0 saturated carbocycles. The summed E-state index contributed by atoms with van der Waals surface area (Å²) in [6, 6.07) is 6.01. The lowest BCUT2D eigenvalue weighted by atomic mass is 10.1. The van der Waals surface area contributed by atoms with Crippen LogP contribution in [-0.2, 0) is 24.1 Å². The Kier molecular flexibility index (Phi) is 8.99. The van der Waals surface area contributed by atoms with Crippen LogP contribution in [0.4, 0.5) is 24.0 Å². The summed E-state index contributed by atoms with van der Waals surface area (Å²) in [4.78, 5) is 23.6. The van der Waals surface area contributed by atoms with Gasteiger partial charge in [-0.3, -0.25) is 4.79 Å². The van der Waals surface area contributed by atoms with Crippen molar-refractivity contribution in [1.82, 2.24) is 24.9 Å². The fraction of sp³-hybridized carbons (Fsp3) is 0.423. The fourth-order valence-electron chi connectivity index (χ4n) is 4.55. The molecule has 1 aromatic carbocycles. The molecule has 0 bridgehead atoms. The van der Waals surface area contributed by atoms with Crippen LogP contribution in [0.1, 0.15) is 42.1 Å². The van der Waals surface area contributed by atoms with Gasteiger partial charge in [-0.1, -0.05) is 40.2 Å². The first-order chi connectivity index (χ1) is 20.1. The van der Waals surface area contributed by atoms with Crippen LogP contribution in [0, 0.1) is 0 Å². The second-order valence-corrected chi connectivity index (χ2v) is 11.4. The molecule has 224 valence electrons. The molecule has 16 heteroatoms. The molecular weight excluding hydrogens is 599 g/mol. The summed E-state index contributed by atoms with van der Waals surface area (Å²) >= 11 is 7.40. The van der Waals surface area contributed by atoms with Gasteiger partial charge in [0.1, 0.15) is 22.3 Å². The second kappa shape index (κ2) is 12.7. The smallest absolute Gasteiger partial charge is 0.423 e. The fourth-order valence-corrected chi connectivity index (χ4v) is 5.48. The van der Waals surface area contributed by atoms with Gasteiger partial charge < -0.3 is 24.2 Å². The number of nitrogens with zero attached hydrogens (tertiary/aromatic N) is 6. The van der Waals surface area contributed by atoms with Gasteiger partial charge in [-0.2, -0.15) is 23.3 Å². The molecule has 42 heavy (non-hydrogen) atoms. The van der Waals surface area contributed by atoms with Crippen LogP contribution < -0.4 is 20.5 Å². The molecule has 1 fully saturated rings. The minimum Gasteiger partial charge on any atom is -0.497 e. The Morgan fingerprint density at radius 1 is 1.26 bits per heavy atom. The maximum atomic E-state index is 13.9. The highest BCUT2D eigenvalue weighted by Gasteiger charge is 2.38. The summed E-state index contributed by atoms with van der Waals surface area (Å²) in [5.74, 6) is 1.46. The molecule has 4 aromatic rings. The van der Waals surface area contributed by atoms with E-state index in [1.54, 1.807) is 37.4 Å². The van der Waals surface area contributed by atoms with Gasteiger partial charge in [-0.25, -0.2) is 9.67 Å². The third kappa shape index (κ3) is 7.02. The Morgan fingerprint density at radius 2 is 2.05 bits per heavy atom. The van der Waals surface area contributed by atoms with Crippen LogP contribution in [0.5, 0.6) is 5.75 Å². The van der Waals surface area contributed by atoms with E-state index in [-0.39, 0.29) is 31.6 Å². The quantitative estimate of drug-likeness (QED) is 0.248. The molecular formula is C26H27ClF3N7O4S. The number of anilines is 2. The van der Waals surface area contributed by atoms with E-state index in [2.05, 4.69) is 30.4 Å². The molecule has 0 aliphatic carbocycles. The lowest BCUT2D eigenvalue weighted by Gasteiger charge is -2.19. The summed E-state index contributed by atoms with van der Waals surface area (Å²) < 4.78 is 59.2. The summed E-state index contributed by atoms with van der Waals surface area (Å²) in [5.41, 5.74) is -2.41. The maximum absolute atomic E-state index is 13.9. The van der Waals surface area contributed by atoms with Crippen LogP contribution in [0.3, 0.4) is 0 Å². The number of alkyl halides is 3. The average Bonchev–Trinajstić information content (AvgIpc) is 3.71. The van der Waals surface area contributed by atoms with Crippen LogP contribution >= 0.6 is 22.9 Å². The van der Waals surface area contributed by atoms with E-state index in [0.29, 0.717) is 28.0 Å². The first-order valence-electron chi connectivity index (χ1n) is 12.9. The molecule has 4 heterocycles. The molecule has 11 nitrogen and oxygen atoms in total. The van der Waals surface area contributed by atoms with Gasteiger partial charge in [0.05, 0.1) is 38.3 Å². The van der Waals surface area contributed by atoms with Gasteiger partial charge >= 0.3 is 6.18 Å². The average molecular weight is 626 g/mol. The molecule has 1 saturated heterocycles. The predicted molar refractivity (Wildman–Crippen MR) is 149 cm³/mol. The van der Waals surface area contributed by atoms with Crippen LogP contribution in [0.2, 0.25) is 4.34 Å². The molecule has 3 aromatic heterocycles. The molecule has 0 amide bonds. The molecule has 5 rings (SSSR count). The summed E-state index contributed by atoms with van der Waals surface area (Å²) in [5, 5.41) is 11.6. The number of rotatable bonds is 11. The number of halogens is 4. The van der Waals surface area contributed by atoms with Gasteiger partial charge in [0, 0.05) is 25.0 Å². The van der Waals surface area contributed by atoms with Gasteiger partial charge in [0.2, 0.25) is 0 Å². The number of hydrogen-bond acceptors (Lipinski definition) is 11. The molecule has 0 spiro atoms. The van der Waals surface area contributed by atoms with Crippen molar-refractivity contribution in [3.63, 3.8) is 0 Å². The summed E-state index contributed by atoms with van der Waals surface area (Å²) in [7, 11) is 1.50. The minimum atomic E-state index is -4.90. The van der Waals surface area contributed by atoms with E-state index < -0.39 is 29.0 Å². The highest BCUT2D eigenvalue weighted by atomic mass is 35.5. The molecule has 1 aliphatic rings. The number of aromatic nitrogens is 5. The zero-order valence-corrected chi connectivity index (χ0v) is 24.2. The van der Waals surface area contributed by atoms with E-state index in [0.717, 1.165) is 29.0 Å². The molecule has 1 N–H and O–H groups in total. The number of ether oxygens (including phenoxy) is 2. The molecule has 2 unspecified atom stereocenters. The molecule has 0 radical (unpaired) electrons. The van der Waals surface area contributed by atoms with Crippen LogP contribution in [-0.4, -0.2) is 57.8 Å². The van der Waals surface area contributed by atoms with E-state index in [4.69, 9.17) is 25.6 Å². The first kappa shape index (κ1) is 29.8. The third-order valence-electron chi connectivity index (χ3n) is 6.59. The minimum absolute atomic E-state index is 0.00591.